The summed E-state index contributed by atoms with van der Waals surface area (Å²) in [4.78, 5) is 27.1. The van der Waals surface area contributed by atoms with Gasteiger partial charge in [-0.25, -0.2) is 0 Å². The third-order valence-corrected chi connectivity index (χ3v) is 4.73. The molecule has 2 amide bonds. The van der Waals surface area contributed by atoms with Gasteiger partial charge in [0, 0.05) is 32.7 Å². The highest BCUT2D eigenvalue weighted by molar-refractivity contribution is 6.07. The molecule has 0 atom stereocenters. The molecule has 1 aliphatic heterocycles. The van der Waals surface area contributed by atoms with Gasteiger partial charge in [-0.05, 0) is 18.4 Å². The third-order valence-electron chi connectivity index (χ3n) is 4.73. The van der Waals surface area contributed by atoms with Crippen LogP contribution in [0.4, 0.5) is 0 Å². The van der Waals surface area contributed by atoms with Crippen LogP contribution in [-0.4, -0.2) is 56.1 Å². The molecule has 2 aliphatic rings. The van der Waals surface area contributed by atoms with Gasteiger partial charge in [0.2, 0.25) is 11.8 Å². The second-order valence-electron chi connectivity index (χ2n) is 6.46. The van der Waals surface area contributed by atoms with E-state index in [4.69, 9.17) is 4.74 Å². The van der Waals surface area contributed by atoms with Gasteiger partial charge < -0.3 is 15.4 Å². The summed E-state index contributed by atoms with van der Waals surface area (Å²) in [6.45, 7) is 5.14. The van der Waals surface area contributed by atoms with Gasteiger partial charge in [-0.2, -0.15) is 0 Å². The molecular formula is C18H25N3O3. The Balaban J connectivity index is 1.42. The van der Waals surface area contributed by atoms with Crippen molar-refractivity contribution in [3.05, 3.63) is 35.9 Å². The van der Waals surface area contributed by atoms with Crippen molar-refractivity contribution >= 4 is 11.8 Å². The van der Waals surface area contributed by atoms with E-state index in [0.29, 0.717) is 25.9 Å². The number of nitrogens with one attached hydrogen (secondary N) is 2. The summed E-state index contributed by atoms with van der Waals surface area (Å²) in [7, 11) is 0. The van der Waals surface area contributed by atoms with Gasteiger partial charge in [-0.1, -0.05) is 30.3 Å². The Morgan fingerprint density at radius 1 is 1.04 bits per heavy atom. The fourth-order valence-corrected chi connectivity index (χ4v) is 2.95. The van der Waals surface area contributed by atoms with Crippen molar-refractivity contribution in [2.45, 2.75) is 19.4 Å². The van der Waals surface area contributed by atoms with Crippen LogP contribution in [0, 0.1) is 5.41 Å². The van der Waals surface area contributed by atoms with Gasteiger partial charge in [0.15, 0.2) is 0 Å². The van der Waals surface area contributed by atoms with Gasteiger partial charge in [-0.15, -0.1) is 0 Å². The number of ether oxygens (including phenoxy) is 1. The molecule has 24 heavy (non-hydrogen) atoms. The highest BCUT2D eigenvalue weighted by Crippen LogP contribution is 2.46. The molecule has 1 aromatic carbocycles. The zero-order chi connectivity index (χ0) is 16.8. The van der Waals surface area contributed by atoms with Crippen molar-refractivity contribution in [2.75, 3.05) is 39.4 Å². The standard InChI is InChI=1S/C18H25N3O3/c22-16(19-8-9-21-10-12-24-13-11-21)18(6-7-18)17(23)20-14-15-4-2-1-3-5-15/h1-5H,6-14H2,(H,19,22)(H,20,23). The van der Waals surface area contributed by atoms with Crippen LogP contribution in [0.1, 0.15) is 18.4 Å². The molecule has 0 aromatic heterocycles. The van der Waals surface area contributed by atoms with Crippen LogP contribution in [0.5, 0.6) is 0 Å². The monoisotopic (exact) mass is 331 g/mol. The molecule has 6 heteroatoms. The average Bonchev–Trinajstić information content (AvgIpc) is 3.43. The molecule has 0 radical (unpaired) electrons. The summed E-state index contributed by atoms with van der Waals surface area (Å²) in [5.74, 6) is -0.295. The lowest BCUT2D eigenvalue weighted by molar-refractivity contribution is -0.137. The van der Waals surface area contributed by atoms with Crippen LogP contribution >= 0.6 is 0 Å². The quantitative estimate of drug-likeness (QED) is 0.715. The predicted molar refractivity (Wildman–Crippen MR) is 90.2 cm³/mol. The highest BCUT2D eigenvalue weighted by atomic mass is 16.5. The van der Waals surface area contributed by atoms with E-state index >= 15 is 0 Å². The normalized spacial score (nSPS) is 19.5. The lowest BCUT2D eigenvalue weighted by atomic mass is 10.0. The van der Waals surface area contributed by atoms with E-state index in [1.165, 1.54) is 0 Å². The molecule has 2 N–H and O–H groups in total. The van der Waals surface area contributed by atoms with Crippen LogP contribution in [0.25, 0.3) is 0 Å². The van der Waals surface area contributed by atoms with Crippen LogP contribution < -0.4 is 10.6 Å². The number of hydrogen-bond acceptors (Lipinski definition) is 4. The average molecular weight is 331 g/mol. The predicted octanol–water partition coefficient (Wildman–Crippen LogP) is 0.531. The van der Waals surface area contributed by atoms with Gasteiger partial charge in [0.1, 0.15) is 5.41 Å². The Bertz CT molecular complexity index is 566. The molecule has 1 heterocycles. The minimum atomic E-state index is -0.847. The minimum Gasteiger partial charge on any atom is -0.379 e. The fourth-order valence-electron chi connectivity index (χ4n) is 2.95. The molecule has 6 nitrogen and oxygen atoms in total. The van der Waals surface area contributed by atoms with Crippen molar-refractivity contribution in [1.29, 1.82) is 0 Å². The Morgan fingerprint density at radius 3 is 2.38 bits per heavy atom. The smallest absolute Gasteiger partial charge is 0.235 e. The number of nitrogens with zero attached hydrogens (tertiary/aromatic N) is 1. The summed E-state index contributed by atoms with van der Waals surface area (Å²) < 4.78 is 5.30. The fraction of sp³-hybridized carbons (Fsp3) is 0.556. The van der Waals surface area contributed by atoms with Crippen molar-refractivity contribution in [3.63, 3.8) is 0 Å². The topological polar surface area (TPSA) is 70.7 Å². The lowest BCUT2D eigenvalue weighted by Gasteiger charge is -2.26. The Morgan fingerprint density at radius 2 is 1.71 bits per heavy atom. The number of carbonyl (C=O) groups excluding carboxylic acids is 2. The van der Waals surface area contributed by atoms with Crippen molar-refractivity contribution in [1.82, 2.24) is 15.5 Å². The summed E-state index contributed by atoms with van der Waals surface area (Å²) in [5, 5.41) is 5.83. The van der Waals surface area contributed by atoms with Gasteiger partial charge >= 0.3 is 0 Å². The molecule has 1 saturated carbocycles. The number of carbonyl (C=O) groups is 2. The number of benzene rings is 1. The van der Waals surface area contributed by atoms with Crippen LogP contribution in [-0.2, 0) is 20.9 Å². The second-order valence-corrected chi connectivity index (χ2v) is 6.46. The third kappa shape index (κ3) is 4.13. The molecule has 0 spiro atoms. The first-order chi connectivity index (χ1) is 11.7. The molecular weight excluding hydrogens is 306 g/mol. The van der Waals surface area contributed by atoms with E-state index in [1.54, 1.807) is 0 Å². The second kappa shape index (κ2) is 7.77. The van der Waals surface area contributed by atoms with Crippen LogP contribution in [0.15, 0.2) is 30.3 Å². The first-order valence-corrected chi connectivity index (χ1v) is 8.61. The molecule has 0 unspecified atom stereocenters. The molecule has 1 aromatic rings. The molecule has 2 fully saturated rings. The maximum absolute atomic E-state index is 12.4. The molecule has 1 aliphatic carbocycles. The van der Waals surface area contributed by atoms with Gasteiger partial charge in [-0.3, -0.25) is 14.5 Å². The first kappa shape index (κ1) is 16.9. The van der Waals surface area contributed by atoms with Crippen LogP contribution in [0.2, 0.25) is 0 Å². The zero-order valence-corrected chi connectivity index (χ0v) is 13.9. The van der Waals surface area contributed by atoms with Crippen molar-refractivity contribution < 1.29 is 14.3 Å². The van der Waals surface area contributed by atoms with E-state index in [2.05, 4.69) is 15.5 Å². The lowest BCUT2D eigenvalue weighted by Crippen LogP contribution is -2.46. The Hall–Kier alpha value is -1.92. The SMILES string of the molecule is O=C(NCCN1CCOCC1)C1(C(=O)NCc2ccccc2)CC1. The van der Waals surface area contributed by atoms with Crippen molar-refractivity contribution in [2.24, 2.45) is 5.41 Å². The first-order valence-electron chi connectivity index (χ1n) is 8.61. The summed E-state index contributed by atoms with van der Waals surface area (Å²) in [6, 6.07) is 9.74. The van der Waals surface area contributed by atoms with E-state index in [9.17, 15) is 9.59 Å². The Kier molecular flexibility index (Phi) is 5.48. The largest absolute Gasteiger partial charge is 0.379 e. The van der Waals surface area contributed by atoms with Crippen molar-refractivity contribution in [3.8, 4) is 0 Å². The minimum absolute atomic E-state index is 0.138. The summed E-state index contributed by atoms with van der Waals surface area (Å²) in [6.07, 6.45) is 1.27. The summed E-state index contributed by atoms with van der Waals surface area (Å²) >= 11 is 0. The van der Waals surface area contributed by atoms with E-state index < -0.39 is 5.41 Å². The zero-order valence-electron chi connectivity index (χ0n) is 13.9. The van der Waals surface area contributed by atoms with E-state index in [1.807, 2.05) is 30.3 Å². The Labute approximate surface area is 142 Å². The number of morpholine rings is 1. The summed E-state index contributed by atoms with van der Waals surface area (Å²) in [5.41, 5.74) is 0.189. The number of hydrogen-bond donors (Lipinski definition) is 2. The van der Waals surface area contributed by atoms with E-state index in [-0.39, 0.29) is 11.8 Å². The number of rotatable bonds is 7. The molecule has 130 valence electrons. The maximum Gasteiger partial charge on any atom is 0.235 e. The van der Waals surface area contributed by atoms with Gasteiger partial charge in [0.25, 0.3) is 0 Å². The highest BCUT2D eigenvalue weighted by Gasteiger charge is 2.56. The molecule has 0 bridgehead atoms. The van der Waals surface area contributed by atoms with E-state index in [0.717, 1.165) is 38.4 Å². The van der Waals surface area contributed by atoms with Gasteiger partial charge in [0.05, 0.1) is 13.2 Å². The molecule has 1 saturated heterocycles. The molecule has 3 rings (SSSR count). The van der Waals surface area contributed by atoms with Crippen LogP contribution in [0.3, 0.4) is 0 Å². The number of amides is 2. The maximum atomic E-state index is 12.4.